The van der Waals surface area contributed by atoms with E-state index in [4.69, 9.17) is 13.6 Å². The van der Waals surface area contributed by atoms with Gasteiger partial charge < -0.3 is 19.3 Å². The van der Waals surface area contributed by atoms with Crippen LogP contribution in [-0.4, -0.2) is 33.7 Å². The van der Waals surface area contributed by atoms with E-state index in [9.17, 15) is 31.6 Å². The maximum absolute atomic E-state index is 13.5. The highest BCUT2D eigenvalue weighted by atomic mass is 32.2. The van der Waals surface area contributed by atoms with Gasteiger partial charge in [-0.15, -0.1) is 0 Å². The first kappa shape index (κ1) is 30.1. The van der Waals surface area contributed by atoms with Gasteiger partial charge >= 0.3 is 7.82 Å². The molecular weight excluding hydrogens is 591 g/mol. The van der Waals surface area contributed by atoms with Crippen LogP contribution in [0.1, 0.15) is 19.8 Å². The fourth-order valence-corrected chi connectivity index (χ4v) is 7.31. The van der Waals surface area contributed by atoms with Crippen LogP contribution in [0.2, 0.25) is 0 Å². The van der Waals surface area contributed by atoms with Gasteiger partial charge in [-0.1, -0.05) is 13.3 Å². The maximum Gasteiger partial charge on any atom is 0.587 e. The molecule has 41 heavy (non-hydrogen) atoms. The lowest BCUT2D eigenvalue weighted by Crippen LogP contribution is -2.07. The number of hydrogen-bond acceptors (Lipinski definition) is 10. The molecule has 0 saturated carbocycles. The Kier molecular flexibility index (Phi) is 9.08. The summed E-state index contributed by atoms with van der Waals surface area (Å²) in [6, 6.07) is 20.5. The molecule has 0 fully saturated rings. The highest BCUT2D eigenvalue weighted by molar-refractivity contribution is 7.91. The Hall–Kier alpha value is -3.83. The lowest BCUT2D eigenvalue weighted by atomic mass is 10.3. The fourth-order valence-electron chi connectivity index (χ4n) is 3.53. The van der Waals surface area contributed by atoms with Crippen molar-refractivity contribution in [2.45, 2.75) is 39.3 Å². The van der Waals surface area contributed by atoms with Gasteiger partial charge in [-0.2, -0.15) is 0 Å². The van der Waals surface area contributed by atoms with Gasteiger partial charge in [-0.25, -0.2) is 21.4 Å². The van der Waals surface area contributed by atoms with Crippen LogP contribution in [0.4, 0.5) is 0 Å². The van der Waals surface area contributed by atoms with Crippen LogP contribution in [0.25, 0.3) is 0 Å². The van der Waals surface area contributed by atoms with Crippen molar-refractivity contribution >= 4 is 27.5 Å². The number of unbranched alkanes of at least 4 members (excludes halogenated alkanes) is 1. The van der Waals surface area contributed by atoms with Crippen LogP contribution in [0.5, 0.6) is 23.0 Å². The Labute approximate surface area is 238 Å². The molecule has 10 nitrogen and oxygen atoms in total. The normalized spacial score (nSPS) is 12.1. The number of benzene rings is 4. The number of phenols is 2. The molecule has 216 valence electrons. The summed E-state index contributed by atoms with van der Waals surface area (Å²) in [4.78, 5) is -0.138. The summed E-state index contributed by atoms with van der Waals surface area (Å²) in [6.45, 7) is 1.96. The van der Waals surface area contributed by atoms with Crippen LogP contribution in [0.3, 0.4) is 0 Å². The number of phosphoric ester groups is 1. The Morgan fingerprint density at radius 1 is 0.585 bits per heavy atom. The standard InChI is InChI=1S/C28H27O10PS2/c1-2-3-20-36-39(31,37-23-8-16-27(17-9-23)40(32,33)25-12-4-21(29)5-13-25)38-24-10-18-28(19-11-24)41(34,35)26-14-6-22(30)7-15-26/h4-19,29-30H,2-3,20H2,1H3. The zero-order chi connectivity index (χ0) is 29.7. The summed E-state index contributed by atoms with van der Waals surface area (Å²) in [5, 5.41) is 18.9. The number of phosphoric acid groups is 1. The predicted molar refractivity (Wildman–Crippen MR) is 150 cm³/mol. The second-order valence-electron chi connectivity index (χ2n) is 8.75. The van der Waals surface area contributed by atoms with Gasteiger partial charge in [0, 0.05) is 0 Å². The number of hydrogen-bond donors (Lipinski definition) is 2. The van der Waals surface area contributed by atoms with Crippen molar-refractivity contribution in [2.24, 2.45) is 0 Å². The Balaban J connectivity index is 1.53. The van der Waals surface area contributed by atoms with Gasteiger partial charge in [0.25, 0.3) is 0 Å². The average Bonchev–Trinajstić information content (AvgIpc) is 2.94. The van der Waals surface area contributed by atoms with Gasteiger partial charge in [0.1, 0.15) is 23.0 Å². The first-order valence-corrected chi connectivity index (χ1v) is 16.8. The average molecular weight is 619 g/mol. The van der Waals surface area contributed by atoms with E-state index in [1.54, 1.807) is 0 Å². The topological polar surface area (TPSA) is 154 Å². The third-order valence-corrected chi connectivity index (χ3v) is 10.7. The molecule has 0 atom stereocenters. The lowest BCUT2D eigenvalue weighted by Gasteiger charge is -2.19. The molecule has 0 aliphatic rings. The largest absolute Gasteiger partial charge is 0.587 e. The monoisotopic (exact) mass is 618 g/mol. The number of aromatic hydroxyl groups is 2. The number of sulfone groups is 2. The van der Waals surface area contributed by atoms with E-state index in [0.717, 1.165) is 6.42 Å². The van der Waals surface area contributed by atoms with Crippen molar-refractivity contribution in [3.63, 3.8) is 0 Å². The maximum atomic E-state index is 13.5. The molecule has 4 aromatic rings. The third kappa shape index (κ3) is 7.28. The van der Waals surface area contributed by atoms with Crippen molar-refractivity contribution in [1.29, 1.82) is 0 Å². The molecule has 0 aliphatic carbocycles. The fraction of sp³-hybridized carbons (Fsp3) is 0.143. The molecule has 0 heterocycles. The van der Waals surface area contributed by atoms with Crippen molar-refractivity contribution in [3.8, 4) is 23.0 Å². The minimum Gasteiger partial charge on any atom is -0.508 e. The van der Waals surface area contributed by atoms with E-state index in [1.807, 2.05) is 6.92 Å². The molecule has 0 unspecified atom stereocenters. The van der Waals surface area contributed by atoms with E-state index < -0.39 is 27.5 Å². The number of phenolic OH excluding ortho intramolecular Hbond substituents is 2. The van der Waals surface area contributed by atoms with E-state index in [1.165, 1.54) is 97.1 Å². The SMILES string of the molecule is CCCCOP(=O)(Oc1ccc(S(=O)(=O)c2ccc(O)cc2)cc1)Oc1ccc(S(=O)(=O)c2ccc(O)cc2)cc1. The van der Waals surface area contributed by atoms with Gasteiger partial charge in [0.2, 0.25) is 19.7 Å². The minimum absolute atomic E-state index is 0.0148. The van der Waals surface area contributed by atoms with Crippen molar-refractivity contribution in [3.05, 3.63) is 97.1 Å². The van der Waals surface area contributed by atoms with Crippen LogP contribution in [0.15, 0.2) is 117 Å². The van der Waals surface area contributed by atoms with Crippen molar-refractivity contribution < 1.29 is 45.2 Å². The smallest absolute Gasteiger partial charge is 0.508 e. The van der Waals surface area contributed by atoms with Crippen LogP contribution < -0.4 is 9.05 Å². The molecule has 0 bridgehead atoms. The molecule has 0 aromatic heterocycles. The highest BCUT2D eigenvalue weighted by Crippen LogP contribution is 2.50. The summed E-state index contributed by atoms with van der Waals surface area (Å²) < 4.78 is 81.7. The minimum atomic E-state index is -4.29. The molecular formula is C28H27O10PS2. The molecule has 0 amide bonds. The van der Waals surface area contributed by atoms with E-state index in [-0.39, 0.29) is 49.2 Å². The van der Waals surface area contributed by atoms with Gasteiger partial charge in [-0.3, -0.25) is 4.52 Å². The second-order valence-corrected chi connectivity index (χ2v) is 14.2. The first-order valence-electron chi connectivity index (χ1n) is 12.4. The first-order chi connectivity index (χ1) is 19.4. The van der Waals surface area contributed by atoms with E-state index in [0.29, 0.717) is 6.42 Å². The summed E-state index contributed by atoms with van der Waals surface area (Å²) in [6.07, 6.45) is 1.30. The van der Waals surface area contributed by atoms with Crippen LogP contribution in [-0.2, 0) is 28.8 Å². The molecule has 13 heteroatoms. The Bertz CT molecular complexity index is 1610. The lowest BCUT2D eigenvalue weighted by molar-refractivity contribution is 0.206. The molecule has 0 aliphatic heterocycles. The molecule has 0 spiro atoms. The zero-order valence-corrected chi connectivity index (χ0v) is 24.3. The third-order valence-electron chi connectivity index (χ3n) is 5.74. The highest BCUT2D eigenvalue weighted by Gasteiger charge is 2.31. The van der Waals surface area contributed by atoms with Gasteiger partial charge in [0.05, 0.1) is 26.2 Å². The second kappa shape index (κ2) is 12.4. The molecule has 2 N–H and O–H groups in total. The Morgan fingerprint density at radius 3 is 1.22 bits per heavy atom. The summed E-state index contributed by atoms with van der Waals surface area (Å²) >= 11 is 0. The van der Waals surface area contributed by atoms with Crippen molar-refractivity contribution in [1.82, 2.24) is 0 Å². The molecule has 0 saturated heterocycles. The van der Waals surface area contributed by atoms with Crippen LogP contribution in [0, 0.1) is 0 Å². The van der Waals surface area contributed by atoms with Crippen molar-refractivity contribution in [2.75, 3.05) is 6.61 Å². The van der Waals surface area contributed by atoms with E-state index >= 15 is 0 Å². The van der Waals surface area contributed by atoms with Gasteiger partial charge in [-0.05, 0) is 103 Å². The van der Waals surface area contributed by atoms with E-state index in [2.05, 4.69) is 0 Å². The number of rotatable bonds is 12. The molecule has 0 radical (unpaired) electrons. The molecule has 4 rings (SSSR count). The quantitative estimate of drug-likeness (QED) is 0.140. The molecule has 4 aromatic carbocycles. The predicted octanol–water partition coefficient (Wildman–Crippen LogP) is 6.15. The summed E-state index contributed by atoms with van der Waals surface area (Å²) in [5.41, 5.74) is 0. The zero-order valence-electron chi connectivity index (χ0n) is 21.8. The summed E-state index contributed by atoms with van der Waals surface area (Å²) in [7, 11) is -12.0. The van der Waals surface area contributed by atoms with Crippen LogP contribution >= 0.6 is 7.82 Å². The van der Waals surface area contributed by atoms with Gasteiger partial charge in [0.15, 0.2) is 0 Å². The Morgan fingerprint density at radius 2 is 0.902 bits per heavy atom. The summed E-state index contributed by atoms with van der Waals surface area (Å²) in [5.74, 6) is -0.109.